The molecular weight excluding hydrogens is 538 g/mol. The lowest BCUT2D eigenvalue weighted by atomic mass is 9.91. The zero-order valence-corrected chi connectivity index (χ0v) is 23.3. The number of nitrogens with one attached hydrogen (secondary N) is 1. The van der Waals surface area contributed by atoms with Crippen LogP contribution in [0.25, 0.3) is 0 Å². The van der Waals surface area contributed by atoms with Crippen LogP contribution >= 0.6 is 11.8 Å². The Balaban J connectivity index is 1.40. The number of anilines is 1. The second-order valence-corrected chi connectivity index (χ2v) is 10.9. The number of benzene rings is 4. The second-order valence-electron chi connectivity index (χ2n) is 9.88. The third-order valence-corrected chi connectivity index (χ3v) is 8.26. The highest BCUT2D eigenvalue weighted by Gasteiger charge is 2.38. The van der Waals surface area contributed by atoms with Crippen molar-refractivity contribution in [3.05, 3.63) is 131 Å². The zero-order valence-electron chi connectivity index (χ0n) is 22.5. The highest BCUT2D eigenvalue weighted by atomic mass is 32.2. The molecule has 210 valence electrons. The summed E-state index contributed by atoms with van der Waals surface area (Å²) in [4.78, 5) is 25.2. The Morgan fingerprint density at radius 2 is 1.59 bits per heavy atom. The molecule has 1 aliphatic rings. The Hall–Kier alpha value is -3.95. The lowest BCUT2D eigenvalue weighted by Crippen LogP contribution is -2.38. The molecule has 0 radical (unpaired) electrons. The molecule has 0 aliphatic carbocycles. The summed E-state index contributed by atoms with van der Waals surface area (Å²) in [6, 6.07) is 31.0. The fraction of sp³-hybridized carbons (Fsp3) is 0.212. The van der Waals surface area contributed by atoms with Gasteiger partial charge in [0, 0.05) is 33.4 Å². The van der Waals surface area contributed by atoms with Crippen LogP contribution in [0.5, 0.6) is 0 Å². The van der Waals surface area contributed by atoms with Crippen LogP contribution < -0.4 is 5.32 Å². The lowest BCUT2D eigenvalue weighted by molar-refractivity contribution is -0.268. The lowest BCUT2D eigenvalue weighted by Gasteiger charge is -2.41. The molecule has 41 heavy (non-hydrogen) atoms. The molecule has 0 aromatic heterocycles. The number of amides is 1. The molecule has 8 heteroatoms. The van der Waals surface area contributed by atoms with Gasteiger partial charge >= 0.3 is 5.97 Å². The topological polar surface area (TPSA) is 105 Å². The quantitative estimate of drug-likeness (QED) is 0.192. The zero-order chi connectivity index (χ0) is 28.8. The van der Waals surface area contributed by atoms with Gasteiger partial charge in [-0.1, -0.05) is 73.7 Å². The third kappa shape index (κ3) is 6.86. The van der Waals surface area contributed by atoms with Crippen LogP contribution in [0, 0.1) is 5.92 Å². The van der Waals surface area contributed by atoms with Gasteiger partial charge < -0.3 is 25.0 Å². The molecule has 4 unspecified atom stereocenters. The molecule has 1 heterocycles. The van der Waals surface area contributed by atoms with E-state index in [0.717, 1.165) is 16.7 Å². The number of thioether (sulfide) groups is 1. The molecule has 1 aliphatic heterocycles. The van der Waals surface area contributed by atoms with Gasteiger partial charge in [-0.3, -0.25) is 4.79 Å². The number of carbonyl (C=O) groups excluding carboxylic acids is 1. The van der Waals surface area contributed by atoms with Gasteiger partial charge in [0.2, 0.25) is 0 Å². The summed E-state index contributed by atoms with van der Waals surface area (Å²) in [5.74, 6) is -0.726. The van der Waals surface area contributed by atoms with Crippen molar-refractivity contribution in [1.29, 1.82) is 0 Å². The van der Waals surface area contributed by atoms with Crippen molar-refractivity contribution in [2.75, 3.05) is 11.1 Å². The van der Waals surface area contributed by atoms with Crippen LogP contribution in [0.15, 0.2) is 108 Å². The van der Waals surface area contributed by atoms with Crippen LogP contribution in [0.4, 0.5) is 5.69 Å². The number of rotatable bonds is 9. The van der Waals surface area contributed by atoms with E-state index in [2.05, 4.69) is 12.2 Å². The molecule has 1 saturated heterocycles. The average molecular weight is 570 g/mol. The fourth-order valence-corrected chi connectivity index (χ4v) is 6.02. The predicted octanol–water partition coefficient (Wildman–Crippen LogP) is 6.71. The first kappa shape index (κ1) is 28.6. The smallest absolute Gasteiger partial charge is 0.336 e. The summed E-state index contributed by atoms with van der Waals surface area (Å²) in [6.45, 7) is 2.02. The Kier molecular flexibility index (Phi) is 9.16. The molecule has 0 bridgehead atoms. The summed E-state index contributed by atoms with van der Waals surface area (Å²) in [7, 11) is 0. The van der Waals surface area contributed by atoms with Gasteiger partial charge in [-0.25, -0.2) is 4.79 Å². The van der Waals surface area contributed by atoms with Crippen molar-refractivity contribution in [2.24, 2.45) is 5.92 Å². The van der Waals surface area contributed by atoms with Crippen LogP contribution in [-0.4, -0.2) is 33.9 Å². The molecule has 1 fully saturated rings. The van der Waals surface area contributed by atoms with Gasteiger partial charge in [-0.2, -0.15) is 0 Å². The largest absolute Gasteiger partial charge is 0.478 e. The van der Waals surface area contributed by atoms with E-state index in [1.807, 2.05) is 72.8 Å². The Morgan fingerprint density at radius 3 is 2.32 bits per heavy atom. The van der Waals surface area contributed by atoms with E-state index >= 15 is 0 Å². The van der Waals surface area contributed by atoms with Crippen molar-refractivity contribution in [3.63, 3.8) is 0 Å². The van der Waals surface area contributed by atoms with Crippen LogP contribution in [0.1, 0.15) is 56.7 Å². The second kappa shape index (κ2) is 13.1. The van der Waals surface area contributed by atoms with E-state index in [-0.39, 0.29) is 36.2 Å². The first-order valence-electron chi connectivity index (χ1n) is 13.3. The summed E-state index contributed by atoms with van der Waals surface area (Å²) >= 11 is 1.44. The number of carboxylic acids is 1. The first-order chi connectivity index (χ1) is 19.9. The Morgan fingerprint density at radius 1 is 0.854 bits per heavy atom. The third-order valence-electron chi connectivity index (χ3n) is 7.10. The number of hydrogen-bond donors (Lipinski definition) is 3. The number of ether oxygens (including phenoxy) is 2. The SMILES string of the molecule is CC1C(CSc2ccccc2C(=O)O)OC(c2cccc(NC(=O)c3ccccc3)c2)OC1c1ccc(CO)cc1. The number of hydrogen-bond acceptors (Lipinski definition) is 6. The summed E-state index contributed by atoms with van der Waals surface area (Å²) < 4.78 is 13.0. The highest BCUT2D eigenvalue weighted by molar-refractivity contribution is 7.99. The van der Waals surface area contributed by atoms with Gasteiger partial charge in [-0.15, -0.1) is 11.8 Å². The summed E-state index contributed by atoms with van der Waals surface area (Å²) in [5, 5.41) is 22.1. The minimum Gasteiger partial charge on any atom is -0.478 e. The summed E-state index contributed by atoms with van der Waals surface area (Å²) in [5.41, 5.74) is 3.95. The van der Waals surface area contributed by atoms with E-state index in [1.165, 1.54) is 11.8 Å². The molecule has 3 N–H and O–H groups in total. The van der Waals surface area contributed by atoms with E-state index in [4.69, 9.17) is 9.47 Å². The van der Waals surface area contributed by atoms with E-state index in [1.54, 1.807) is 30.3 Å². The molecular formula is C33H31NO6S. The molecule has 7 nitrogen and oxygen atoms in total. The van der Waals surface area contributed by atoms with E-state index in [0.29, 0.717) is 21.9 Å². The molecule has 1 amide bonds. The maximum absolute atomic E-state index is 12.7. The minimum atomic E-state index is -0.969. The van der Waals surface area contributed by atoms with Gasteiger partial charge in [0.05, 0.1) is 24.4 Å². The monoisotopic (exact) mass is 569 g/mol. The van der Waals surface area contributed by atoms with Crippen molar-refractivity contribution in [1.82, 2.24) is 0 Å². The van der Waals surface area contributed by atoms with E-state index in [9.17, 15) is 19.8 Å². The highest BCUT2D eigenvalue weighted by Crippen LogP contribution is 2.43. The fourth-order valence-electron chi connectivity index (χ4n) is 4.81. The normalized spacial score (nSPS) is 20.3. The van der Waals surface area contributed by atoms with Crippen LogP contribution in [0.3, 0.4) is 0 Å². The minimum absolute atomic E-state index is 0.0448. The predicted molar refractivity (Wildman–Crippen MR) is 158 cm³/mol. The summed E-state index contributed by atoms with van der Waals surface area (Å²) in [6.07, 6.45) is -1.31. The molecule has 4 aromatic rings. The molecule has 0 saturated carbocycles. The number of aliphatic hydroxyl groups is 1. The Bertz CT molecular complexity index is 1490. The van der Waals surface area contributed by atoms with Crippen LogP contribution in [0.2, 0.25) is 0 Å². The Labute approximate surface area is 243 Å². The molecule has 4 atom stereocenters. The van der Waals surface area contributed by atoms with E-state index < -0.39 is 12.3 Å². The molecule has 5 rings (SSSR count). The van der Waals surface area contributed by atoms with Crippen LogP contribution in [-0.2, 0) is 16.1 Å². The number of carbonyl (C=O) groups is 2. The van der Waals surface area contributed by atoms with Gasteiger partial charge in [-0.05, 0) is 47.5 Å². The van der Waals surface area contributed by atoms with Gasteiger partial charge in [0.1, 0.15) is 0 Å². The maximum atomic E-state index is 12.7. The number of aliphatic hydroxyl groups excluding tert-OH is 1. The van der Waals surface area contributed by atoms with Crippen molar-refractivity contribution in [2.45, 2.75) is 36.9 Å². The van der Waals surface area contributed by atoms with Crippen molar-refractivity contribution in [3.8, 4) is 0 Å². The van der Waals surface area contributed by atoms with Crippen molar-refractivity contribution >= 4 is 29.3 Å². The maximum Gasteiger partial charge on any atom is 0.336 e. The standard InChI is InChI=1S/C33H31NO6S/c1-21-28(20-41-29-13-6-5-12-27(29)32(37)38)39-33(40-30(21)23-16-14-22(19-35)15-17-23)25-10-7-11-26(18-25)34-31(36)24-8-3-2-4-9-24/h2-18,21,28,30,33,35H,19-20H2,1H3,(H,34,36)(H,37,38). The number of aromatic carboxylic acids is 1. The van der Waals surface area contributed by atoms with Crippen molar-refractivity contribution < 1.29 is 29.3 Å². The first-order valence-corrected chi connectivity index (χ1v) is 14.3. The average Bonchev–Trinajstić information content (AvgIpc) is 3.01. The number of carboxylic acid groups (broad SMARTS) is 1. The molecule has 4 aromatic carbocycles. The van der Waals surface area contributed by atoms with Gasteiger partial charge in [0.15, 0.2) is 6.29 Å². The van der Waals surface area contributed by atoms with Gasteiger partial charge in [0.25, 0.3) is 5.91 Å². The molecule has 0 spiro atoms.